The van der Waals surface area contributed by atoms with Crippen LogP contribution < -0.4 is 5.32 Å². The summed E-state index contributed by atoms with van der Waals surface area (Å²) < 4.78 is 5.26. The van der Waals surface area contributed by atoms with Gasteiger partial charge in [-0.1, -0.05) is 37.6 Å². The van der Waals surface area contributed by atoms with Gasteiger partial charge in [-0.05, 0) is 85.8 Å². The molecule has 2 aromatic rings. The summed E-state index contributed by atoms with van der Waals surface area (Å²) >= 11 is 0. The number of H-pyrrole nitrogens is 1. The number of para-hydroxylation sites is 1. The van der Waals surface area contributed by atoms with Gasteiger partial charge in [-0.25, -0.2) is 0 Å². The van der Waals surface area contributed by atoms with Crippen molar-refractivity contribution in [2.75, 3.05) is 13.2 Å². The number of aliphatic hydroxyl groups is 2. The topological polar surface area (TPSA) is 146 Å². The molecule has 0 aliphatic heterocycles. The molecule has 4 aliphatic rings. The number of Topliss-reactive ketones (excluding diaryl/α,β-unsaturated/α-hetero) is 1. The highest BCUT2D eigenvalue weighted by Gasteiger charge is 2.68. The fourth-order valence-electron chi connectivity index (χ4n) is 9.47. The molecule has 236 valence electrons. The van der Waals surface area contributed by atoms with Crippen LogP contribution in [0.4, 0.5) is 0 Å². The first-order valence-corrected chi connectivity index (χ1v) is 16.1. The summed E-state index contributed by atoms with van der Waals surface area (Å²) in [6.45, 7) is 3.95. The van der Waals surface area contributed by atoms with E-state index in [9.17, 15) is 29.4 Å². The molecule has 7 atom stereocenters. The Kier molecular flexibility index (Phi) is 8.07. The number of ether oxygens (including phenoxy) is 1. The van der Waals surface area contributed by atoms with E-state index in [4.69, 9.17) is 4.74 Å². The Balaban J connectivity index is 1.00. The van der Waals surface area contributed by atoms with Crippen LogP contribution in [0.2, 0.25) is 0 Å². The second-order valence-electron chi connectivity index (χ2n) is 14.0. The molecule has 0 spiro atoms. The summed E-state index contributed by atoms with van der Waals surface area (Å²) in [6, 6.07) is 7.96. The lowest BCUT2D eigenvalue weighted by Gasteiger charge is -2.60. The Morgan fingerprint density at radius 1 is 1.09 bits per heavy atom. The zero-order chi connectivity index (χ0) is 31.3. The third-order valence-electron chi connectivity index (χ3n) is 11.8. The average Bonchev–Trinajstić information content (AvgIpc) is 3.53. The predicted molar refractivity (Wildman–Crippen MR) is 163 cm³/mol. The Labute approximate surface area is 257 Å². The molecule has 4 aliphatic carbocycles. The lowest BCUT2D eigenvalue weighted by Crippen LogP contribution is -2.62. The van der Waals surface area contributed by atoms with Gasteiger partial charge >= 0.3 is 5.97 Å². The summed E-state index contributed by atoms with van der Waals surface area (Å²) in [6.07, 6.45) is 7.47. The number of fused-ring (bicyclic) bond motifs is 6. The molecule has 9 heteroatoms. The first-order chi connectivity index (χ1) is 21.0. The highest BCUT2D eigenvalue weighted by Crippen LogP contribution is 2.67. The minimum Gasteiger partial charge on any atom is -0.458 e. The van der Waals surface area contributed by atoms with Crippen molar-refractivity contribution in [1.82, 2.24) is 10.3 Å². The zero-order valence-corrected chi connectivity index (χ0v) is 25.7. The summed E-state index contributed by atoms with van der Waals surface area (Å²) in [5.41, 5.74) is 0.481. The molecule has 1 aromatic carbocycles. The number of hydrogen-bond acceptors (Lipinski definition) is 7. The Bertz CT molecular complexity index is 1510. The standard InChI is InChI=1S/C35H44N2O7/c1-33-14-11-23(38)17-22(33)7-8-25-26-12-15-35(43,34(26,2)18-28(39)32(25)33)29(40)20-44-31(42)10-9-30(41)36-16-13-21-19-37-27-6-4-3-5-24(21)27/h3-6,17,19,25-26,28,32,37,39,43H,7-16,18,20H2,1-2H3,(H,36,41)/t25-,26-,28-,32+,33-,34-,35-/m0/s1. The fraction of sp³-hybridized carbons (Fsp3) is 0.600. The van der Waals surface area contributed by atoms with Crippen molar-refractivity contribution in [2.45, 2.75) is 89.8 Å². The molecule has 1 aromatic heterocycles. The maximum Gasteiger partial charge on any atom is 0.306 e. The average molecular weight is 605 g/mol. The minimum absolute atomic E-state index is 0.0162. The van der Waals surface area contributed by atoms with Gasteiger partial charge in [0.25, 0.3) is 0 Å². The summed E-state index contributed by atoms with van der Waals surface area (Å²) in [4.78, 5) is 53.6. The molecule has 6 rings (SSSR count). The molecule has 0 unspecified atom stereocenters. The molecule has 1 amide bonds. The number of allylic oxidation sites excluding steroid dienone is 1. The minimum atomic E-state index is -1.71. The van der Waals surface area contributed by atoms with E-state index < -0.39 is 35.5 Å². The number of benzene rings is 1. The first kappa shape index (κ1) is 30.7. The normalized spacial score (nSPS) is 34.5. The quantitative estimate of drug-likeness (QED) is 0.317. The highest BCUT2D eigenvalue weighted by molar-refractivity contribution is 5.92. The van der Waals surface area contributed by atoms with Crippen LogP contribution in [0, 0.1) is 28.6 Å². The molecule has 1 heterocycles. The van der Waals surface area contributed by atoms with Gasteiger partial charge in [0.15, 0.2) is 12.4 Å². The number of ketones is 2. The molecule has 3 saturated carbocycles. The van der Waals surface area contributed by atoms with E-state index in [2.05, 4.69) is 17.2 Å². The van der Waals surface area contributed by atoms with Crippen LogP contribution in [0.25, 0.3) is 10.9 Å². The van der Waals surface area contributed by atoms with E-state index in [0.717, 1.165) is 41.3 Å². The molecule has 0 bridgehead atoms. The van der Waals surface area contributed by atoms with Gasteiger partial charge in [-0.3, -0.25) is 19.2 Å². The summed E-state index contributed by atoms with van der Waals surface area (Å²) in [7, 11) is 0. The summed E-state index contributed by atoms with van der Waals surface area (Å²) in [5, 5.41) is 27.3. The summed E-state index contributed by atoms with van der Waals surface area (Å²) in [5.74, 6) is -1.16. The number of amides is 1. The third-order valence-corrected chi connectivity index (χ3v) is 11.8. The largest absolute Gasteiger partial charge is 0.458 e. The number of hydrogen-bond donors (Lipinski definition) is 4. The monoisotopic (exact) mass is 604 g/mol. The van der Waals surface area contributed by atoms with E-state index in [0.29, 0.717) is 25.8 Å². The number of carbonyl (C=O) groups excluding carboxylic acids is 4. The van der Waals surface area contributed by atoms with E-state index in [1.54, 1.807) is 6.08 Å². The van der Waals surface area contributed by atoms with Crippen molar-refractivity contribution in [2.24, 2.45) is 28.6 Å². The number of carbonyl (C=O) groups is 4. The number of rotatable bonds is 9. The Hall–Kier alpha value is -3.30. The van der Waals surface area contributed by atoms with Crippen LogP contribution in [0.3, 0.4) is 0 Å². The maximum atomic E-state index is 13.5. The van der Waals surface area contributed by atoms with Crippen LogP contribution in [-0.4, -0.2) is 63.5 Å². The van der Waals surface area contributed by atoms with Crippen molar-refractivity contribution in [3.05, 3.63) is 47.7 Å². The van der Waals surface area contributed by atoms with Gasteiger partial charge in [0.1, 0.15) is 5.60 Å². The van der Waals surface area contributed by atoms with Gasteiger partial charge in [0.05, 0.1) is 12.5 Å². The van der Waals surface area contributed by atoms with Crippen molar-refractivity contribution in [3.63, 3.8) is 0 Å². The smallest absolute Gasteiger partial charge is 0.306 e. The second kappa shape index (κ2) is 11.6. The van der Waals surface area contributed by atoms with Crippen molar-refractivity contribution in [3.8, 4) is 0 Å². The van der Waals surface area contributed by atoms with Gasteiger partial charge in [0.2, 0.25) is 11.7 Å². The van der Waals surface area contributed by atoms with Crippen LogP contribution >= 0.6 is 0 Å². The van der Waals surface area contributed by atoms with Crippen molar-refractivity contribution in [1.29, 1.82) is 0 Å². The van der Waals surface area contributed by atoms with Crippen molar-refractivity contribution < 1.29 is 34.1 Å². The number of aliphatic hydroxyl groups excluding tert-OH is 1. The second-order valence-corrected chi connectivity index (χ2v) is 14.0. The Morgan fingerprint density at radius 3 is 2.70 bits per heavy atom. The van der Waals surface area contributed by atoms with E-state index >= 15 is 0 Å². The first-order valence-electron chi connectivity index (χ1n) is 16.1. The molecule has 3 fully saturated rings. The van der Waals surface area contributed by atoms with Crippen molar-refractivity contribution >= 4 is 34.3 Å². The molecular formula is C35H44N2O7. The molecule has 4 N–H and O–H groups in total. The highest BCUT2D eigenvalue weighted by atomic mass is 16.5. The predicted octanol–water partition coefficient (Wildman–Crippen LogP) is 3.95. The van der Waals surface area contributed by atoms with Crippen LogP contribution in [0.5, 0.6) is 0 Å². The van der Waals surface area contributed by atoms with Gasteiger partial charge in [0, 0.05) is 41.9 Å². The molecule has 0 radical (unpaired) electrons. The molecule has 0 saturated heterocycles. The number of esters is 1. The number of aromatic amines is 1. The van der Waals surface area contributed by atoms with E-state index in [1.807, 2.05) is 37.4 Å². The SMILES string of the molecule is C[C@]12CCC(=O)C=C1CC[C@@H]1[C@@H]2[C@@H](O)C[C@@]2(C)[C@H]1CC[C@]2(O)C(=O)COC(=O)CCC(=O)NCCc1c[nH]c2ccccc12. The lowest BCUT2D eigenvalue weighted by molar-refractivity contribution is -0.184. The Morgan fingerprint density at radius 2 is 1.89 bits per heavy atom. The van der Waals surface area contributed by atoms with E-state index in [-0.39, 0.29) is 60.5 Å². The number of aromatic nitrogens is 1. The van der Waals surface area contributed by atoms with Crippen LogP contribution in [0.15, 0.2) is 42.1 Å². The molecular weight excluding hydrogens is 560 g/mol. The van der Waals surface area contributed by atoms with Gasteiger partial charge in [-0.2, -0.15) is 0 Å². The lowest BCUT2D eigenvalue weighted by atomic mass is 9.45. The third kappa shape index (κ3) is 5.11. The number of nitrogens with one attached hydrogen (secondary N) is 2. The molecule has 9 nitrogen and oxygen atoms in total. The van der Waals surface area contributed by atoms with Gasteiger partial charge < -0.3 is 25.3 Å². The maximum absolute atomic E-state index is 13.5. The van der Waals surface area contributed by atoms with Gasteiger partial charge in [-0.15, -0.1) is 0 Å². The molecule has 44 heavy (non-hydrogen) atoms. The zero-order valence-electron chi connectivity index (χ0n) is 25.7. The van der Waals surface area contributed by atoms with E-state index in [1.165, 1.54) is 0 Å². The van der Waals surface area contributed by atoms with Crippen LogP contribution in [0.1, 0.15) is 77.2 Å². The van der Waals surface area contributed by atoms with Crippen LogP contribution in [-0.2, 0) is 30.3 Å². The fourth-order valence-corrected chi connectivity index (χ4v) is 9.47.